The van der Waals surface area contributed by atoms with Gasteiger partial charge in [0.25, 0.3) is 0 Å². The van der Waals surface area contributed by atoms with Crippen LogP contribution in [0, 0.1) is 0 Å². The molecule has 0 rings (SSSR count). The predicted octanol–water partition coefficient (Wildman–Crippen LogP) is -1.26. The van der Waals surface area contributed by atoms with Crippen LogP contribution in [0.3, 0.4) is 0 Å². The van der Waals surface area contributed by atoms with E-state index in [0.29, 0.717) is 10.8 Å². The normalized spacial score (nSPS) is 13.1. The number of aliphatic carboxylic acids is 1. The average molecular weight is 259 g/mol. The van der Waals surface area contributed by atoms with E-state index in [1.165, 1.54) is 0 Å². The fourth-order valence-corrected chi connectivity index (χ4v) is 1.29. The van der Waals surface area contributed by atoms with E-state index in [-0.39, 0.29) is 0 Å². The van der Waals surface area contributed by atoms with Crippen molar-refractivity contribution in [3.05, 3.63) is 0 Å². The van der Waals surface area contributed by atoms with Gasteiger partial charge in [-0.25, -0.2) is 0 Å². The van der Waals surface area contributed by atoms with Crippen LogP contribution in [0.2, 0.25) is 5.32 Å². The fourth-order valence-electron chi connectivity index (χ4n) is 0.318. The SMILES string of the molecule is O=C(O)[C@H](C[Se])NC[Se]. The van der Waals surface area contributed by atoms with Crippen LogP contribution in [0.4, 0.5) is 0 Å². The Bertz CT molecular complexity index is 98.6. The zero-order valence-electron chi connectivity index (χ0n) is 4.66. The van der Waals surface area contributed by atoms with E-state index in [4.69, 9.17) is 5.11 Å². The molecule has 0 saturated carbocycles. The van der Waals surface area contributed by atoms with E-state index in [1.54, 1.807) is 0 Å². The molecule has 0 amide bonds. The molecule has 3 nitrogen and oxygen atoms in total. The molecule has 0 fully saturated rings. The van der Waals surface area contributed by atoms with Crippen molar-refractivity contribution in [1.82, 2.24) is 5.32 Å². The van der Waals surface area contributed by atoms with Gasteiger partial charge in [0.05, 0.1) is 0 Å². The molecule has 0 aromatic heterocycles. The molecule has 2 N–H and O–H groups in total. The molecule has 0 heterocycles. The van der Waals surface area contributed by atoms with Gasteiger partial charge in [0.15, 0.2) is 0 Å². The zero-order valence-corrected chi connectivity index (χ0v) is 8.09. The van der Waals surface area contributed by atoms with E-state index >= 15 is 0 Å². The van der Waals surface area contributed by atoms with Gasteiger partial charge in [-0.3, -0.25) is 0 Å². The number of hydrogen-bond donors (Lipinski definition) is 2. The molecule has 0 bridgehead atoms. The van der Waals surface area contributed by atoms with E-state index in [1.807, 2.05) is 0 Å². The van der Waals surface area contributed by atoms with Crippen LogP contribution in [-0.4, -0.2) is 54.6 Å². The molecule has 0 aromatic rings. The van der Waals surface area contributed by atoms with E-state index in [0.717, 1.165) is 0 Å². The van der Waals surface area contributed by atoms with Gasteiger partial charge < -0.3 is 0 Å². The van der Waals surface area contributed by atoms with Gasteiger partial charge in [0.2, 0.25) is 0 Å². The molecule has 0 aliphatic heterocycles. The van der Waals surface area contributed by atoms with E-state index in [9.17, 15) is 4.79 Å². The van der Waals surface area contributed by atoms with Crippen LogP contribution in [0.5, 0.6) is 0 Å². The van der Waals surface area contributed by atoms with Crippen LogP contribution in [0.1, 0.15) is 0 Å². The second-order valence-corrected chi connectivity index (χ2v) is 2.71. The van der Waals surface area contributed by atoms with Gasteiger partial charge in [0.1, 0.15) is 0 Å². The van der Waals surface area contributed by atoms with Crippen LogP contribution in [-0.2, 0) is 4.79 Å². The van der Waals surface area contributed by atoms with Crippen molar-refractivity contribution in [3.63, 3.8) is 0 Å². The van der Waals surface area contributed by atoms with Gasteiger partial charge >= 0.3 is 70.0 Å². The summed E-state index contributed by atoms with van der Waals surface area (Å²) in [6.07, 6.45) is 0. The average Bonchev–Trinajstić information content (AvgIpc) is 1.82. The second kappa shape index (κ2) is 5.27. The summed E-state index contributed by atoms with van der Waals surface area (Å²) >= 11 is 5.33. The van der Waals surface area contributed by atoms with E-state index < -0.39 is 12.0 Å². The van der Waals surface area contributed by atoms with Gasteiger partial charge in [-0.15, -0.1) is 0 Å². The summed E-state index contributed by atoms with van der Waals surface area (Å²) in [4.78, 5) is 10.2. The van der Waals surface area contributed by atoms with Gasteiger partial charge in [-0.05, 0) is 0 Å². The summed E-state index contributed by atoms with van der Waals surface area (Å²) < 4.78 is 0. The van der Waals surface area contributed by atoms with Crippen LogP contribution in [0.15, 0.2) is 0 Å². The summed E-state index contributed by atoms with van der Waals surface area (Å²) in [5.74, 6) is -0.816. The predicted molar refractivity (Wildman–Crippen MR) is 35.7 cm³/mol. The molecule has 0 unspecified atom stereocenters. The standard InChI is InChI=1S/C4H7NO2Se2/c6-4(7)3(1-8)5-2-9/h3,5H,1-2H2,(H,6,7)/t3-/m0/s1. The summed E-state index contributed by atoms with van der Waals surface area (Å²) in [5, 5.41) is 11.7. The number of carboxylic acids is 1. The fraction of sp³-hybridized carbons (Fsp3) is 0.750. The Morgan fingerprint density at radius 2 is 2.22 bits per heavy atom. The number of rotatable bonds is 4. The Kier molecular flexibility index (Phi) is 5.54. The second-order valence-electron chi connectivity index (χ2n) is 1.41. The monoisotopic (exact) mass is 261 g/mol. The Labute approximate surface area is 70.2 Å². The topological polar surface area (TPSA) is 49.3 Å². The Morgan fingerprint density at radius 3 is 2.33 bits per heavy atom. The van der Waals surface area contributed by atoms with Crippen molar-refractivity contribution in [1.29, 1.82) is 0 Å². The maximum absolute atomic E-state index is 10.2. The first-order valence-electron chi connectivity index (χ1n) is 2.34. The first-order valence-corrected chi connectivity index (χ1v) is 4.77. The van der Waals surface area contributed by atoms with Crippen molar-refractivity contribution in [2.75, 3.05) is 5.44 Å². The third-order valence-corrected chi connectivity index (χ3v) is 1.84. The Morgan fingerprint density at radius 1 is 1.67 bits per heavy atom. The zero-order chi connectivity index (χ0) is 7.28. The van der Waals surface area contributed by atoms with E-state index in [2.05, 4.69) is 37.3 Å². The summed E-state index contributed by atoms with van der Waals surface area (Å²) in [6.45, 7) is 0. The molecular formula is C4H7NO2Se2. The van der Waals surface area contributed by atoms with Crippen LogP contribution in [0.25, 0.3) is 0 Å². The minimum atomic E-state index is -0.816. The molecule has 1 atom stereocenters. The molecule has 0 saturated heterocycles. The summed E-state index contributed by atoms with van der Waals surface area (Å²) in [6, 6.07) is -0.453. The van der Waals surface area contributed by atoms with Crippen molar-refractivity contribution < 1.29 is 9.90 Å². The van der Waals surface area contributed by atoms with Gasteiger partial charge in [-0.1, -0.05) is 0 Å². The van der Waals surface area contributed by atoms with Gasteiger partial charge in [-0.2, -0.15) is 0 Å². The first-order chi connectivity index (χ1) is 4.22. The van der Waals surface area contributed by atoms with Crippen molar-refractivity contribution in [3.8, 4) is 0 Å². The molecule has 2 radical (unpaired) electrons. The maximum atomic E-state index is 10.2. The molecule has 0 aliphatic rings. The molecule has 5 heteroatoms. The molecule has 9 heavy (non-hydrogen) atoms. The number of carboxylic acid groups (broad SMARTS) is 1. The molecule has 52 valence electrons. The third-order valence-electron chi connectivity index (χ3n) is 0.794. The van der Waals surface area contributed by atoms with Crippen LogP contribution < -0.4 is 5.32 Å². The summed E-state index contributed by atoms with van der Waals surface area (Å²) in [5.41, 5.74) is 0.568. The van der Waals surface area contributed by atoms with Crippen molar-refractivity contribution in [2.45, 2.75) is 11.4 Å². The minimum absolute atomic E-state index is 0.453. The third kappa shape index (κ3) is 3.95. The number of carbonyl (C=O) groups is 1. The van der Waals surface area contributed by atoms with Crippen molar-refractivity contribution in [2.24, 2.45) is 0 Å². The van der Waals surface area contributed by atoms with Gasteiger partial charge in [0, 0.05) is 0 Å². The number of nitrogens with one attached hydrogen (secondary N) is 1. The molecule has 0 spiro atoms. The Hall–Kier alpha value is 0.469. The first kappa shape index (κ1) is 9.47. The molecule has 0 aliphatic carbocycles. The quantitative estimate of drug-likeness (QED) is 0.620. The summed E-state index contributed by atoms with van der Waals surface area (Å²) in [7, 11) is 0. The Balaban J connectivity index is 3.54. The molecular weight excluding hydrogens is 252 g/mol. The number of hydrogen-bond acceptors (Lipinski definition) is 2. The van der Waals surface area contributed by atoms with Crippen molar-refractivity contribution >= 4 is 38.0 Å². The van der Waals surface area contributed by atoms with Crippen LogP contribution >= 0.6 is 0 Å². The molecule has 0 aromatic carbocycles.